The molecule has 0 unspecified atom stereocenters. The number of hydrogen-bond donors (Lipinski definition) is 1. The highest BCUT2D eigenvalue weighted by Gasteiger charge is 2.43. The fourth-order valence-electron chi connectivity index (χ4n) is 2.39. The second-order valence-electron chi connectivity index (χ2n) is 5.15. The topological polar surface area (TPSA) is 43.1 Å². The zero-order valence-corrected chi connectivity index (χ0v) is 9.99. The Hall–Kier alpha value is -1.15. The van der Waals surface area contributed by atoms with Crippen molar-refractivity contribution in [2.24, 2.45) is 5.73 Å². The molecular weight excluding hydrogens is 198 g/mol. The molecule has 2 nitrogen and oxygen atoms in total. The summed E-state index contributed by atoms with van der Waals surface area (Å²) < 4.78 is 0. The van der Waals surface area contributed by atoms with Crippen molar-refractivity contribution in [3.8, 4) is 0 Å². The summed E-state index contributed by atoms with van der Waals surface area (Å²) in [6.45, 7) is 4.93. The van der Waals surface area contributed by atoms with E-state index in [9.17, 15) is 4.79 Å². The lowest BCUT2D eigenvalue weighted by molar-refractivity contribution is -0.128. The van der Waals surface area contributed by atoms with Gasteiger partial charge in [-0.2, -0.15) is 0 Å². The molecule has 2 N–H and O–H groups in total. The molecule has 0 aromatic heterocycles. The Balaban J connectivity index is 2.24. The average molecular weight is 217 g/mol. The van der Waals surface area contributed by atoms with Gasteiger partial charge in [-0.05, 0) is 17.0 Å². The largest absolute Gasteiger partial charge is 0.330 e. The molecule has 1 aromatic rings. The van der Waals surface area contributed by atoms with Gasteiger partial charge in [-0.15, -0.1) is 0 Å². The maximum absolute atomic E-state index is 11.2. The molecule has 16 heavy (non-hydrogen) atoms. The number of hydrogen-bond acceptors (Lipinski definition) is 2. The van der Waals surface area contributed by atoms with Crippen LogP contribution in [0.5, 0.6) is 0 Å². The first-order chi connectivity index (χ1) is 7.57. The predicted octanol–water partition coefficient (Wildman–Crippen LogP) is 2.37. The first kappa shape index (κ1) is 11.3. The van der Waals surface area contributed by atoms with Gasteiger partial charge in [0.15, 0.2) is 0 Å². The highest BCUT2D eigenvalue weighted by atomic mass is 16.1. The number of carbonyl (C=O) groups is 1. The van der Waals surface area contributed by atoms with Crippen LogP contribution in [0.25, 0.3) is 0 Å². The first-order valence-electron chi connectivity index (χ1n) is 5.89. The number of carbonyl (C=O) groups excluding carboxylic acids is 1. The van der Waals surface area contributed by atoms with E-state index in [0.717, 1.165) is 0 Å². The van der Waals surface area contributed by atoms with Crippen LogP contribution >= 0.6 is 0 Å². The fourth-order valence-corrected chi connectivity index (χ4v) is 2.39. The van der Waals surface area contributed by atoms with Crippen LogP contribution in [0.2, 0.25) is 0 Å². The molecule has 0 bridgehead atoms. The SMILES string of the molecule is CC(C)c1ccc(C2(CN)CC(=O)C2)cc1. The van der Waals surface area contributed by atoms with E-state index in [4.69, 9.17) is 5.73 Å². The molecule has 1 saturated carbocycles. The Morgan fingerprint density at radius 3 is 2.19 bits per heavy atom. The molecule has 2 rings (SSSR count). The van der Waals surface area contributed by atoms with Crippen LogP contribution < -0.4 is 5.73 Å². The van der Waals surface area contributed by atoms with E-state index in [2.05, 4.69) is 38.1 Å². The average Bonchev–Trinajstić information content (AvgIpc) is 2.24. The quantitative estimate of drug-likeness (QED) is 0.844. The zero-order chi connectivity index (χ0) is 11.8. The van der Waals surface area contributed by atoms with Gasteiger partial charge >= 0.3 is 0 Å². The van der Waals surface area contributed by atoms with Gasteiger partial charge in [0, 0.05) is 24.8 Å². The Kier molecular flexibility index (Phi) is 2.85. The van der Waals surface area contributed by atoms with Crippen molar-refractivity contribution in [2.45, 2.75) is 38.0 Å². The van der Waals surface area contributed by atoms with E-state index >= 15 is 0 Å². The summed E-state index contributed by atoms with van der Waals surface area (Å²) in [5, 5.41) is 0. The molecule has 1 aliphatic carbocycles. The van der Waals surface area contributed by atoms with Crippen molar-refractivity contribution in [1.29, 1.82) is 0 Å². The first-order valence-corrected chi connectivity index (χ1v) is 5.89. The third-order valence-electron chi connectivity index (χ3n) is 3.65. The molecule has 1 aliphatic rings. The van der Waals surface area contributed by atoms with Crippen LogP contribution in [0.15, 0.2) is 24.3 Å². The van der Waals surface area contributed by atoms with Crippen LogP contribution in [-0.2, 0) is 10.2 Å². The van der Waals surface area contributed by atoms with E-state index in [-0.39, 0.29) is 5.41 Å². The Labute approximate surface area is 96.8 Å². The van der Waals surface area contributed by atoms with Crippen molar-refractivity contribution < 1.29 is 4.79 Å². The summed E-state index contributed by atoms with van der Waals surface area (Å²) in [5.41, 5.74) is 8.30. The van der Waals surface area contributed by atoms with E-state index < -0.39 is 0 Å². The highest BCUT2D eigenvalue weighted by Crippen LogP contribution is 2.40. The van der Waals surface area contributed by atoms with Crippen molar-refractivity contribution in [1.82, 2.24) is 0 Å². The molecule has 0 atom stereocenters. The predicted molar refractivity (Wildman–Crippen MR) is 65.5 cm³/mol. The normalized spacial score (nSPS) is 18.6. The number of rotatable bonds is 3. The third kappa shape index (κ3) is 1.78. The summed E-state index contributed by atoms with van der Waals surface area (Å²) in [6, 6.07) is 8.57. The van der Waals surface area contributed by atoms with Crippen molar-refractivity contribution in [3.63, 3.8) is 0 Å². The van der Waals surface area contributed by atoms with Gasteiger partial charge in [-0.3, -0.25) is 4.79 Å². The summed E-state index contributed by atoms with van der Waals surface area (Å²) in [7, 11) is 0. The van der Waals surface area contributed by atoms with Gasteiger partial charge in [0.1, 0.15) is 5.78 Å². The third-order valence-corrected chi connectivity index (χ3v) is 3.65. The Bertz CT molecular complexity index is 384. The standard InChI is InChI=1S/C14H19NO/c1-10(2)11-3-5-12(6-4-11)14(9-15)7-13(16)8-14/h3-6,10H,7-9,15H2,1-2H3. The van der Waals surface area contributed by atoms with Gasteiger partial charge in [0.2, 0.25) is 0 Å². The highest BCUT2D eigenvalue weighted by molar-refractivity contribution is 5.88. The Morgan fingerprint density at radius 1 is 1.25 bits per heavy atom. The second-order valence-corrected chi connectivity index (χ2v) is 5.15. The zero-order valence-electron chi connectivity index (χ0n) is 9.99. The van der Waals surface area contributed by atoms with Gasteiger partial charge in [-0.1, -0.05) is 38.1 Å². The molecule has 0 heterocycles. The number of nitrogens with two attached hydrogens (primary N) is 1. The van der Waals surface area contributed by atoms with Crippen LogP contribution in [0.3, 0.4) is 0 Å². The summed E-state index contributed by atoms with van der Waals surface area (Å²) in [5.74, 6) is 0.879. The molecule has 0 amide bonds. The lowest BCUT2D eigenvalue weighted by atomic mass is 9.63. The molecule has 0 spiro atoms. The summed E-state index contributed by atoms with van der Waals surface area (Å²) >= 11 is 0. The molecule has 1 aromatic carbocycles. The van der Waals surface area contributed by atoms with Gasteiger partial charge in [0.05, 0.1) is 0 Å². The maximum Gasteiger partial charge on any atom is 0.134 e. The minimum atomic E-state index is -0.0629. The van der Waals surface area contributed by atoms with Crippen molar-refractivity contribution >= 4 is 5.78 Å². The van der Waals surface area contributed by atoms with E-state index in [1.807, 2.05) is 0 Å². The van der Waals surface area contributed by atoms with Gasteiger partial charge < -0.3 is 5.73 Å². The lowest BCUT2D eigenvalue weighted by Gasteiger charge is -2.40. The van der Waals surface area contributed by atoms with Crippen molar-refractivity contribution in [3.05, 3.63) is 35.4 Å². The Morgan fingerprint density at radius 2 is 1.81 bits per heavy atom. The van der Waals surface area contributed by atoms with Gasteiger partial charge in [0.25, 0.3) is 0 Å². The van der Waals surface area contributed by atoms with Crippen LogP contribution in [0.1, 0.15) is 43.7 Å². The van der Waals surface area contributed by atoms with Gasteiger partial charge in [-0.25, -0.2) is 0 Å². The molecule has 1 fully saturated rings. The smallest absolute Gasteiger partial charge is 0.134 e. The van der Waals surface area contributed by atoms with E-state index in [1.54, 1.807) is 0 Å². The summed E-state index contributed by atoms with van der Waals surface area (Å²) in [6.07, 6.45) is 1.23. The second kappa shape index (κ2) is 4.02. The maximum atomic E-state index is 11.2. The monoisotopic (exact) mass is 217 g/mol. The minimum absolute atomic E-state index is 0.0629. The van der Waals surface area contributed by atoms with E-state index in [1.165, 1.54) is 11.1 Å². The molecule has 0 aliphatic heterocycles. The lowest BCUT2D eigenvalue weighted by Crippen LogP contribution is -2.47. The number of benzene rings is 1. The number of ketones is 1. The molecule has 0 radical (unpaired) electrons. The fraction of sp³-hybridized carbons (Fsp3) is 0.500. The minimum Gasteiger partial charge on any atom is -0.330 e. The number of Topliss-reactive ketones (excluding diaryl/α,β-unsaturated/α-hetero) is 1. The molecule has 0 saturated heterocycles. The summed E-state index contributed by atoms with van der Waals surface area (Å²) in [4.78, 5) is 11.2. The van der Waals surface area contributed by atoms with Crippen molar-refractivity contribution in [2.75, 3.05) is 6.54 Å². The van der Waals surface area contributed by atoms with Crippen LogP contribution in [0.4, 0.5) is 0 Å². The molecule has 2 heteroatoms. The van der Waals surface area contributed by atoms with E-state index in [0.29, 0.717) is 31.1 Å². The van der Waals surface area contributed by atoms with Crippen LogP contribution in [0, 0.1) is 0 Å². The van der Waals surface area contributed by atoms with Crippen LogP contribution in [-0.4, -0.2) is 12.3 Å². The molecule has 86 valence electrons. The molecular formula is C14H19NO.